The molecule has 12 nitrogen and oxygen atoms in total. The Bertz CT molecular complexity index is 1470. The number of nitrogens with two attached hydrogens (primary N) is 2. The fraction of sp³-hybridized carbons (Fsp3) is 0.111. The van der Waals surface area contributed by atoms with Gasteiger partial charge in [-0.25, -0.2) is 26.7 Å². The van der Waals surface area contributed by atoms with Gasteiger partial charge in [-0.15, -0.1) is 10.2 Å². The van der Waals surface area contributed by atoms with Crippen molar-refractivity contribution in [3.05, 3.63) is 54.9 Å². The summed E-state index contributed by atoms with van der Waals surface area (Å²) >= 11 is 0. The van der Waals surface area contributed by atoms with Gasteiger partial charge in [-0.05, 0) is 40.6 Å². The maximum absolute atomic E-state index is 12.8. The summed E-state index contributed by atoms with van der Waals surface area (Å²) in [4.78, 5) is -1.09. The zero-order valence-corrected chi connectivity index (χ0v) is 18.1. The van der Waals surface area contributed by atoms with Crippen molar-refractivity contribution in [3.8, 4) is 28.2 Å². The molecule has 14 heteroatoms. The van der Waals surface area contributed by atoms with E-state index in [0.717, 1.165) is 0 Å². The van der Waals surface area contributed by atoms with E-state index in [9.17, 15) is 16.8 Å². The van der Waals surface area contributed by atoms with Gasteiger partial charge in [0, 0.05) is 18.9 Å². The standard InChI is InChI=1S/C18H18N8O4S2/c19-7-10-31(27,28)15-6-5-14(12-3-1-4-13(11-12)26-9-2-8-21-26)16(17(15)32(20,29)30)18-22-24-25-23-18/h1-6,8-9,11H,7,10,19H2,(H2,20,29,30)(H,22,23,24,25). The van der Waals surface area contributed by atoms with Crippen molar-refractivity contribution in [2.45, 2.75) is 9.79 Å². The van der Waals surface area contributed by atoms with Crippen molar-refractivity contribution < 1.29 is 16.8 Å². The molecule has 4 rings (SSSR count). The maximum Gasteiger partial charge on any atom is 0.240 e. The first-order valence-corrected chi connectivity index (χ1v) is 12.4. The van der Waals surface area contributed by atoms with Gasteiger partial charge in [0.05, 0.1) is 21.9 Å². The monoisotopic (exact) mass is 474 g/mol. The van der Waals surface area contributed by atoms with Crippen LogP contribution in [0.2, 0.25) is 0 Å². The van der Waals surface area contributed by atoms with E-state index in [4.69, 9.17) is 10.9 Å². The normalized spacial score (nSPS) is 12.2. The van der Waals surface area contributed by atoms with Gasteiger partial charge < -0.3 is 5.73 Å². The Morgan fingerprint density at radius 1 is 1.06 bits per heavy atom. The maximum atomic E-state index is 12.8. The number of nitrogens with one attached hydrogen (secondary N) is 1. The van der Waals surface area contributed by atoms with Gasteiger partial charge in [-0.3, -0.25) is 0 Å². The SMILES string of the molecule is NCCS(=O)(=O)c1ccc(-c2cccc(-n3cccn3)c2)c(-c2nn[nH]n2)c1S(N)(=O)=O. The molecule has 4 aromatic rings. The van der Waals surface area contributed by atoms with Gasteiger partial charge in [0.25, 0.3) is 0 Å². The summed E-state index contributed by atoms with van der Waals surface area (Å²) in [6.07, 6.45) is 3.37. The molecule has 0 bridgehead atoms. The van der Waals surface area contributed by atoms with E-state index in [1.54, 1.807) is 41.3 Å². The van der Waals surface area contributed by atoms with Crippen LogP contribution in [0.25, 0.3) is 28.2 Å². The second-order valence-corrected chi connectivity index (χ2v) is 10.3. The highest BCUT2D eigenvalue weighted by atomic mass is 32.2. The molecule has 2 heterocycles. The molecule has 32 heavy (non-hydrogen) atoms. The van der Waals surface area contributed by atoms with Crippen LogP contribution in [0, 0.1) is 0 Å². The van der Waals surface area contributed by atoms with E-state index >= 15 is 0 Å². The quantitative estimate of drug-likeness (QED) is 0.333. The average molecular weight is 475 g/mol. The topological polar surface area (TPSA) is 193 Å². The van der Waals surface area contributed by atoms with Crippen LogP contribution in [-0.2, 0) is 19.9 Å². The van der Waals surface area contributed by atoms with E-state index < -0.39 is 35.4 Å². The second kappa shape index (κ2) is 8.23. The minimum absolute atomic E-state index is 0.0861. The Hall–Kier alpha value is -3.46. The van der Waals surface area contributed by atoms with Crippen LogP contribution >= 0.6 is 0 Å². The third-order valence-corrected chi connectivity index (χ3v) is 7.53. The van der Waals surface area contributed by atoms with Gasteiger partial charge in [0.1, 0.15) is 4.90 Å². The summed E-state index contributed by atoms with van der Waals surface area (Å²) in [7, 11) is -8.60. The van der Waals surface area contributed by atoms with Gasteiger partial charge in [0.15, 0.2) is 9.84 Å². The first kappa shape index (κ1) is 21.8. The fourth-order valence-electron chi connectivity index (χ4n) is 3.32. The van der Waals surface area contributed by atoms with Crippen molar-refractivity contribution in [2.24, 2.45) is 10.9 Å². The molecular weight excluding hydrogens is 456 g/mol. The highest BCUT2D eigenvalue weighted by Crippen LogP contribution is 2.39. The summed E-state index contributed by atoms with van der Waals surface area (Å²) in [6, 6.07) is 11.5. The molecule has 0 saturated carbocycles. The van der Waals surface area contributed by atoms with Crippen LogP contribution in [0.3, 0.4) is 0 Å². The minimum Gasteiger partial charge on any atom is -0.329 e. The molecule has 0 atom stereocenters. The Morgan fingerprint density at radius 2 is 1.88 bits per heavy atom. The van der Waals surface area contributed by atoms with Gasteiger partial charge >= 0.3 is 0 Å². The molecular formula is C18H18N8O4S2. The first-order valence-electron chi connectivity index (χ1n) is 9.19. The highest BCUT2D eigenvalue weighted by molar-refractivity contribution is 7.93. The molecule has 0 aliphatic heterocycles. The Morgan fingerprint density at radius 3 is 2.50 bits per heavy atom. The van der Waals surface area contributed by atoms with Gasteiger partial charge in [-0.1, -0.05) is 18.2 Å². The van der Waals surface area contributed by atoms with E-state index in [2.05, 4.69) is 25.7 Å². The number of rotatable bonds is 7. The number of nitrogens with zero attached hydrogens (tertiary/aromatic N) is 5. The number of primary sulfonamides is 1. The second-order valence-electron chi connectivity index (χ2n) is 6.70. The predicted octanol–water partition coefficient (Wildman–Crippen LogP) is 0.0992. The predicted molar refractivity (Wildman–Crippen MR) is 115 cm³/mol. The molecule has 0 saturated heterocycles. The fourth-order valence-corrected chi connectivity index (χ4v) is 6.08. The van der Waals surface area contributed by atoms with Crippen molar-refractivity contribution >= 4 is 19.9 Å². The summed E-state index contributed by atoms with van der Waals surface area (Å²) in [5, 5.41) is 23.2. The number of tetrazole rings is 1. The third kappa shape index (κ3) is 4.03. The number of H-pyrrole nitrogens is 1. The largest absolute Gasteiger partial charge is 0.329 e. The average Bonchev–Trinajstić information content (AvgIpc) is 3.46. The van der Waals surface area contributed by atoms with E-state index in [1.165, 1.54) is 12.1 Å². The Balaban J connectivity index is 2.07. The number of aromatic amines is 1. The van der Waals surface area contributed by atoms with Gasteiger partial charge in [0.2, 0.25) is 15.8 Å². The molecule has 0 aliphatic carbocycles. The molecule has 0 spiro atoms. The van der Waals surface area contributed by atoms with Crippen LogP contribution in [0.5, 0.6) is 0 Å². The summed E-state index contributed by atoms with van der Waals surface area (Å²) in [5.74, 6) is -0.590. The van der Waals surface area contributed by atoms with Crippen molar-refractivity contribution in [1.29, 1.82) is 0 Å². The van der Waals surface area contributed by atoms with Crippen molar-refractivity contribution in [2.75, 3.05) is 12.3 Å². The number of benzene rings is 2. The highest BCUT2D eigenvalue weighted by Gasteiger charge is 2.31. The molecule has 0 fully saturated rings. The van der Waals surface area contributed by atoms with Crippen LogP contribution in [0.4, 0.5) is 0 Å². The van der Waals surface area contributed by atoms with Gasteiger partial charge in [-0.2, -0.15) is 10.3 Å². The number of sulfone groups is 1. The lowest BCUT2D eigenvalue weighted by atomic mass is 9.98. The molecule has 0 radical (unpaired) electrons. The third-order valence-electron chi connectivity index (χ3n) is 4.62. The number of hydrogen-bond acceptors (Lipinski definition) is 9. The lowest BCUT2D eigenvalue weighted by molar-refractivity contribution is 0.583. The van der Waals surface area contributed by atoms with E-state index in [1.807, 2.05) is 6.07 Å². The summed E-state index contributed by atoms with van der Waals surface area (Å²) < 4.78 is 52.5. The Kier molecular flexibility index (Phi) is 5.60. The molecule has 5 N–H and O–H groups in total. The van der Waals surface area contributed by atoms with E-state index in [-0.39, 0.29) is 17.9 Å². The first-order chi connectivity index (χ1) is 15.2. The Labute approximate surface area is 183 Å². The van der Waals surface area contributed by atoms with Crippen LogP contribution in [0.1, 0.15) is 0 Å². The zero-order chi connectivity index (χ0) is 22.9. The molecule has 0 aliphatic rings. The molecule has 0 amide bonds. The zero-order valence-electron chi connectivity index (χ0n) is 16.5. The van der Waals surface area contributed by atoms with Crippen LogP contribution in [-0.4, -0.2) is 59.5 Å². The molecule has 2 aromatic heterocycles. The lowest BCUT2D eigenvalue weighted by Gasteiger charge is -2.16. The van der Waals surface area contributed by atoms with Crippen molar-refractivity contribution in [3.63, 3.8) is 0 Å². The minimum atomic E-state index is -4.53. The molecule has 166 valence electrons. The molecule has 0 unspecified atom stereocenters. The number of sulfonamides is 1. The smallest absolute Gasteiger partial charge is 0.240 e. The van der Waals surface area contributed by atoms with E-state index in [0.29, 0.717) is 16.8 Å². The lowest BCUT2D eigenvalue weighted by Crippen LogP contribution is -2.22. The molecule has 2 aromatic carbocycles. The summed E-state index contributed by atoms with van der Waals surface area (Å²) in [6.45, 7) is -0.197. The summed E-state index contributed by atoms with van der Waals surface area (Å²) in [5.41, 5.74) is 6.94. The number of hydrogen-bond donors (Lipinski definition) is 3. The van der Waals surface area contributed by atoms with Crippen LogP contribution < -0.4 is 10.9 Å². The number of aromatic nitrogens is 6. The van der Waals surface area contributed by atoms with Crippen LogP contribution in [0.15, 0.2) is 64.6 Å². The van der Waals surface area contributed by atoms with Crippen molar-refractivity contribution in [1.82, 2.24) is 30.4 Å².